The molecule has 2 rings (SSSR count). The van der Waals surface area contributed by atoms with Crippen molar-refractivity contribution in [2.75, 3.05) is 39.1 Å². The van der Waals surface area contributed by atoms with Gasteiger partial charge in [0.25, 0.3) is 10.0 Å². The zero-order valence-corrected chi connectivity index (χ0v) is 15.8. The third-order valence-electron chi connectivity index (χ3n) is 3.59. The molecular weight excluding hydrogens is 340 g/mol. The number of likely N-dealkylation sites (N-methyl/N-ethyl adjacent to an activating group) is 1. The van der Waals surface area contributed by atoms with E-state index in [1.807, 2.05) is 32.0 Å². The summed E-state index contributed by atoms with van der Waals surface area (Å²) in [5.74, 6) is 1.15. The number of sulfonamides is 1. The highest BCUT2D eigenvalue weighted by molar-refractivity contribution is 7.92. The summed E-state index contributed by atoms with van der Waals surface area (Å²) in [5, 5.41) is 0. The van der Waals surface area contributed by atoms with Crippen LogP contribution in [0.25, 0.3) is 0 Å². The Bertz CT molecular complexity index is 826. The molecule has 1 N–H and O–H groups in total. The Labute approximate surface area is 150 Å². The number of aryl methyl sites for hydroxylation is 1. The summed E-state index contributed by atoms with van der Waals surface area (Å²) in [7, 11) is 1.73. The fourth-order valence-corrected chi connectivity index (χ4v) is 3.22. The van der Waals surface area contributed by atoms with Crippen molar-refractivity contribution in [3.05, 3.63) is 48.0 Å². The normalized spacial score (nSPS) is 11.4. The number of ether oxygens (including phenoxy) is 2. The highest BCUT2D eigenvalue weighted by Crippen LogP contribution is 2.25. The Kier molecular flexibility index (Phi) is 6.27. The fraction of sp³-hybridized carbons (Fsp3) is 0.333. The van der Waals surface area contributed by atoms with Gasteiger partial charge in [-0.2, -0.15) is 0 Å². The molecule has 25 heavy (non-hydrogen) atoms. The van der Waals surface area contributed by atoms with E-state index >= 15 is 0 Å². The van der Waals surface area contributed by atoms with Crippen LogP contribution in [-0.4, -0.2) is 47.7 Å². The van der Waals surface area contributed by atoms with Gasteiger partial charge >= 0.3 is 0 Å². The summed E-state index contributed by atoms with van der Waals surface area (Å²) < 4.78 is 38.5. The van der Waals surface area contributed by atoms with Crippen molar-refractivity contribution < 1.29 is 19.3 Å². The molecule has 0 fully saturated rings. The van der Waals surface area contributed by atoms with Gasteiger partial charge < -0.3 is 14.4 Å². The van der Waals surface area contributed by atoms with E-state index in [1.165, 1.54) is 19.2 Å². The lowest BCUT2D eigenvalue weighted by Gasteiger charge is -2.15. The van der Waals surface area contributed by atoms with E-state index in [-0.39, 0.29) is 6.32 Å². The summed E-state index contributed by atoms with van der Waals surface area (Å²) in [6.45, 7) is 3.23. The molecule has 0 saturated carbocycles. The van der Waals surface area contributed by atoms with Gasteiger partial charge in [0.05, 0.1) is 17.7 Å². The lowest BCUT2D eigenvalue weighted by atomic mass is 10.2. The molecule has 0 aliphatic carbocycles. The van der Waals surface area contributed by atoms with Gasteiger partial charge in [-0.1, -0.05) is 12.1 Å². The number of anilines is 1. The molecule has 0 aromatic heterocycles. The molecule has 0 amide bonds. The van der Waals surface area contributed by atoms with Crippen molar-refractivity contribution in [3.8, 4) is 11.5 Å². The Balaban J connectivity index is 0.00000338. The molecule has 2 aromatic rings. The second-order valence-corrected chi connectivity index (χ2v) is 7.60. The number of rotatable bonds is 8. The molecule has 0 radical (unpaired) electrons. The number of hydrogen-bond acceptors (Lipinski definition) is 5. The number of benzene rings is 2. The van der Waals surface area contributed by atoms with Crippen LogP contribution in [0, 0.1) is 6.92 Å². The molecule has 138 valence electrons. The maximum Gasteiger partial charge on any atom is 0.262 e. The predicted octanol–water partition coefficient (Wildman–Crippen LogP) is 2.99. The lowest BCUT2D eigenvalue weighted by molar-refractivity contribution is 0.260. The molecular formula is C18H26N2O4S. The minimum Gasteiger partial charge on any atom is -0.497 e. The predicted molar refractivity (Wildman–Crippen MR) is 101 cm³/mol. The van der Waals surface area contributed by atoms with E-state index in [4.69, 9.17) is 9.47 Å². The quantitative estimate of drug-likeness (QED) is 0.778. The Morgan fingerprint density at radius 2 is 1.92 bits per heavy atom. The third-order valence-corrected chi connectivity index (χ3v) is 4.97. The molecule has 0 aliphatic heterocycles. The molecule has 0 heterocycles. The van der Waals surface area contributed by atoms with Gasteiger partial charge in [0.2, 0.25) is 0 Å². The van der Waals surface area contributed by atoms with E-state index in [1.54, 1.807) is 24.3 Å². The van der Waals surface area contributed by atoms with Crippen LogP contribution in [-0.2, 0) is 10.0 Å². The molecule has 0 atom stereocenters. The zero-order valence-electron chi connectivity index (χ0n) is 14.9. The maximum atomic E-state index is 12.6. The maximum absolute atomic E-state index is 12.6. The average Bonchev–Trinajstić information content (AvgIpc) is 2.57. The van der Waals surface area contributed by atoms with Gasteiger partial charge in [-0.3, -0.25) is 4.72 Å². The molecule has 2 aromatic carbocycles. The van der Waals surface area contributed by atoms with E-state index in [0.29, 0.717) is 23.8 Å². The van der Waals surface area contributed by atoms with Gasteiger partial charge in [0.1, 0.15) is 18.1 Å². The van der Waals surface area contributed by atoms with Crippen LogP contribution in [0.2, 0.25) is 0 Å². The van der Waals surface area contributed by atoms with E-state index in [2.05, 4.69) is 4.72 Å². The van der Waals surface area contributed by atoms with Crippen molar-refractivity contribution >= 4 is 15.7 Å². The van der Waals surface area contributed by atoms with Crippen molar-refractivity contribution in [3.63, 3.8) is 0 Å². The molecule has 0 spiro atoms. The van der Waals surface area contributed by atoms with Crippen LogP contribution < -0.4 is 14.2 Å². The number of hydrogen-bond donors (Lipinski definition) is 1. The van der Waals surface area contributed by atoms with Crippen LogP contribution in [0.5, 0.6) is 11.5 Å². The average molecular weight is 366 g/mol. The zero-order chi connectivity index (χ0) is 18.4. The summed E-state index contributed by atoms with van der Waals surface area (Å²) >= 11 is 0. The largest absolute Gasteiger partial charge is 0.497 e. The number of methoxy groups -OCH3 is 1. The monoisotopic (exact) mass is 366 g/mol. The minimum atomic E-state index is -3.70. The highest BCUT2D eigenvalue weighted by atomic mass is 32.2. The minimum absolute atomic E-state index is 0. The van der Waals surface area contributed by atoms with Crippen LogP contribution >= 0.6 is 0 Å². The first-order valence-electron chi connectivity index (χ1n) is 7.87. The Morgan fingerprint density at radius 3 is 2.60 bits per heavy atom. The van der Waals surface area contributed by atoms with Gasteiger partial charge in [0.15, 0.2) is 0 Å². The molecule has 0 unspecified atom stereocenters. The van der Waals surface area contributed by atoms with E-state index < -0.39 is 10.0 Å². The van der Waals surface area contributed by atoms with Crippen LogP contribution in [0.3, 0.4) is 0 Å². The fourth-order valence-electron chi connectivity index (χ4n) is 2.14. The number of nitrogens with one attached hydrogen (secondary N) is 1. The molecule has 0 saturated heterocycles. The second kappa shape index (κ2) is 8.22. The number of nitrogens with zero attached hydrogens (tertiary/aromatic N) is 1. The lowest BCUT2D eigenvalue weighted by Crippen LogP contribution is -2.19. The van der Waals surface area contributed by atoms with Crippen molar-refractivity contribution in [2.24, 2.45) is 0 Å². The Morgan fingerprint density at radius 1 is 1.16 bits per heavy atom. The highest BCUT2D eigenvalue weighted by Gasteiger charge is 2.15. The van der Waals surface area contributed by atoms with E-state index in [9.17, 15) is 8.42 Å². The summed E-state index contributed by atoms with van der Waals surface area (Å²) in [5.41, 5.74) is 1.40. The molecule has 0 aliphatic rings. The van der Waals surface area contributed by atoms with Crippen molar-refractivity contribution in [1.29, 1.82) is 0 Å². The van der Waals surface area contributed by atoms with E-state index in [0.717, 1.165) is 12.1 Å². The first kappa shape index (κ1) is 19.1. The summed E-state index contributed by atoms with van der Waals surface area (Å²) in [4.78, 5) is 2.16. The topological polar surface area (TPSA) is 67.9 Å². The van der Waals surface area contributed by atoms with Crippen LogP contribution in [0.15, 0.2) is 47.4 Å². The van der Waals surface area contributed by atoms with Gasteiger partial charge in [0, 0.05) is 20.1 Å². The second-order valence-electron chi connectivity index (χ2n) is 5.92. The van der Waals surface area contributed by atoms with Crippen LogP contribution in [0.1, 0.15) is 6.99 Å². The summed E-state index contributed by atoms with van der Waals surface area (Å²) in [6.07, 6.45) is 0. The SMILES string of the molecule is COc1cccc(S(=O)(=O)Nc2ccc(C)c(OCCN(C)C)c2)c1.[HH]. The van der Waals surface area contributed by atoms with Gasteiger partial charge in [-0.25, -0.2) is 8.42 Å². The van der Waals surface area contributed by atoms with Crippen LogP contribution in [0.4, 0.5) is 5.69 Å². The van der Waals surface area contributed by atoms with Gasteiger partial charge in [-0.05, 0) is 44.8 Å². The Hall–Kier alpha value is -2.25. The first-order valence-corrected chi connectivity index (χ1v) is 9.35. The smallest absolute Gasteiger partial charge is 0.262 e. The molecule has 0 bridgehead atoms. The first-order chi connectivity index (χ1) is 11.8. The third kappa shape index (κ3) is 5.37. The molecule has 7 heteroatoms. The molecule has 6 nitrogen and oxygen atoms in total. The van der Waals surface area contributed by atoms with Crippen molar-refractivity contribution in [1.82, 2.24) is 4.90 Å². The van der Waals surface area contributed by atoms with Gasteiger partial charge in [-0.15, -0.1) is 0 Å². The standard InChI is InChI=1S/C18H24N2O4S.H2/c1-14-8-9-15(12-18(14)24-11-10-20(2)3)19-25(21,22)17-7-5-6-16(13-17)23-4;/h5-9,12-13,19H,10-11H2,1-4H3;1H. The summed E-state index contributed by atoms with van der Waals surface area (Å²) in [6, 6.07) is 11.6. The van der Waals surface area contributed by atoms with Crippen molar-refractivity contribution in [2.45, 2.75) is 11.8 Å².